The third kappa shape index (κ3) is 4.21. The number of oxazole rings is 1. The van der Waals surface area contributed by atoms with E-state index in [9.17, 15) is 0 Å². The number of rotatable bonds is 6. The standard InChI is InChI=1S/C20H27ClN4O/c1-4-22-19(23-12-18-25-14(2)15(3)26-18)24-13-20(10-5-11-20)16-6-8-17(21)9-7-16/h6-9H,4-5,10-13H2,1-3H3,(H2,22,23,24). The number of aryl methyl sites for hydroxylation is 2. The summed E-state index contributed by atoms with van der Waals surface area (Å²) in [4.78, 5) is 9.02. The molecule has 3 rings (SSSR count). The minimum absolute atomic E-state index is 0.164. The smallest absolute Gasteiger partial charge is 0.216 e. The van der Waals surface area contributed by atoms with Crippen molar-refractivity contribution in [3.8, 4) is 0 Å². The Bertz CT molecular complexity index is 743. The van der Waals surface area contributed by atoms with Gasteiger partial charge in [0.2, 0.25) is 5.89 Å². The maximum absolute atomic E-state index is 6.04. The van der Waals surface area contributed by atoms with Crippen LogP contribution in [0.4, 0.5) is 0 Å². The highest BCUT2D eigenvalue weighted by Gasteiger charge is 2.38. The number of nitrogens with one attached hydrogen (secondary N) is 2. The molecule has 1 aliphatic carbocycles. The van der Waals surface area contributed by atoms with Gasteiger partial charge in [0.15, 0.2) is 5.96 Å². The van der Waals surface area contributed by atoms with Crippen LogP contribution in [0, 0.1) is 13.8 Å². The van der Waals surface area contributed by atoms with E-state index in [0.29, 0.717) is 12.4 Å². The lowest BCUT2D eigenvalue weighted by Gasteiger charge is -2.43. The van der Waals surface area contributed by atoms with Gasteiger partial charge in [-0.3, -0.25) is 0 Å². The molecule has 1 saturated carbocycles. The second kappa shape index (κ2) is 8.12. The molecule has 5 nitrogen and oxygen atoms in total. The molecule has 0 aliphatic heterocycles. The molecule has 0 atom stereocenters. The third-order valence-corrected chi connectivity index (χ3v) is 5.40. The Hall–Kier alpha value is -2.01. The number of benzene rings is 1. The van der Waals surface area contributed by atoms with Crippen molar-refractivity contribution < 1.29 is 4.42 Å². The lowest BCUT2D eigenvalue weighted by Crippen LogP contribution is -2.48. The van der Waals surface area contributed by atoms with Gasteiger partial charge in [0, 0.05) is 23.5 Å². The molecule has 0 amide bonds. The van der Waals surface area contributed by atoms with E-state index in [1.54, 1.807) is 0 Å². The lowest BCUT2D eigenvalue weighted by molar-refractivity contribution is 0.244. The van der Waals surface area contributed by atoms with Gasteiger partial charge < -0.3 is 15.1 Å². The van der Waals surface area contributed by atoms with Gasteiger partial charge in [0.25, 0.3) is 0 Å². The van der Waals surface area contributed by atoms with Crippen LogP contribution in [0.25, 0.3) is 0 Å². The Balaban J connectivity index is 1.67. The zero-order valence-corrected chi connectivity index (χ0v) is 16.5. The minimum Gasteiger partial charge on any atom is -0.444 e. The van der Waals surface area contributed by atoms with Gasteiger partial charge in [0.1, 0.15) is 12.3 Å². The van der Waals surface area contributed by atoms with Crippen molar-refractivity contribution in [3.63, 3.8) is 0 Å². The molecule has 1 fully saturated rings. The van der Waals surface area contributed by atoms with Crippen LogP contribution in [-0.4, -0.2) is 24.0 Å². The monoisotopic (exact) mass is 374 g/mol. The summed E-state index contributed by atoms with van der Waals surface area (Å²) in [5, 5.41) is 7.59. The molecule has 0 radical (unpaired) electrons. The number of hydrogen-bond acceptors (Lipinski definition) is 3. The topological polar surface area (TPSA) is 62.5 Å². The summed E-state index contributed by atoms with van der Waals surface area (Å²) in [6, 6.07) is 8.24. The van der Waals surface area contributed by atoms with Crippen LogP contribution >= 0.6 is 11.6 Å². The average Bonchev–Trinajstić information content (AvgIpc) is 2.91. The average molecular weight is 375 g/mol. The molecule has 0 unspecified atom stereocenters. The molecular formula is C20H27ClN4O. The van der Waals surface area contributed by atoms with Gasteiger partial charge in [-0.2, -0.15) is 0 Å². The number of guanidine groups is 1. The Morgan fingerprint density at radius 2 is 1.96 bits per heavy atom. The highest BCUT2D eigenvalue weighted by molar-refractivity contribution is 6.30. The maximum atomic E-state index is 6.04. The quantitative estimate of drug-likeness (QED) is 0.589. The molecule has 1 heterocycles. The maximum Gasteiger partial charge on any atom is 0.216 e. The normalized spacial score (nSPS) is 16.2. The Morgan fingerprint density at radius 1 is 1.23 bits per heavy atom. The lowest BCUT2D eigenvalue weighted by atomic mass is 9.64. The summed E-state index contributed by atoms with van der Waals surface area (Å²) in [5.41, 5.74) is 2.43. The summed E-state index contributed by atoms with van der Waals surface area (Å²) >= 11 is 6.04. The van der Waals surface area contributed by atoms with E-state index < -0.39 is 0 Å². The van der Waals surface area contributed by atoms with Crippen molar-refractivity contribution in [1.29, 1.82) is 0 Å². The van der Waals surface area contributed by atoms with Gasteiger partial charge in [0.05, 0.1) is 5.69 Å². The predicted molar refractivity (Wildman–Crippen MR) is 106 cm³/mol. The van der Waals surface area contributed by atoms with Crippen LogP contribution in [0.3, 0.4) is 0 Å². The number of nitrogens with zero attached hydrogens (tertiary/aromatic N) is 2. The second-order valence-corrected chi connectivity index (χ2v) is 7.38. The van der Waals surface area contributed by atoms with Gasteiger partial charge in [-0.1, -0.05) is 30.2 Å². The van der Waals surface area contributed by atoms with Crippen LogP contribution in [0.5, 0.6) is 0 Å². The van der Waals surface area contributed by atoms with Gasteiger partial charge in [-0.25, -0.2) is 9.98 Å². The summed E-state index contributed by atoms with van der Waals surface area (Å²) in [6.45, 7) is 8.02. The fourth-order valence-electron chi connectivity index (χ4n) is 3.32. The number of aromatic nitrogens is 1. The van der Waals surface area contributed by atoms with E-state index in [-0.39, 0.29) is 5.41 Å². The zero-order valence-electron chi connectivity index (χ0n) is 15.7. The van der Waals surface area contributed by atoms with E-state index in [4.69, 9.17) is 16.0 Å². The molecular weight excluding hydrogens is 348 g/mol. The first-order valence-corrected chi connectivity index (χ1v) is 9.61. The predicted octanol–water partition coefficient (Wildman–Crippen LogP) is 4.12. The van der Waals surface area contributed by atoms with E-state index >= 15 is 0 Å². The highest BCUT2D eigenvalue weighted by atomic mass is 35.5. The van der Waals surface area contributed by atoms with E-state index in [2.05, 4.69) is 39.7 Å². The van der Waals surface area contributed by atoms with Crippen LogP contribution < -0.4 is 10.6 Å². The molecule has 1 aromatic heterocycles. The molecule has 1 aromatic carbocycles. The van der Waals surface area contributed by atoms with Crippen molar-refractivity contribution in [1.82, 2.24) is 15.6 Å². The molecule has 0 saturated heterocycles. The summed E-state index contributed by atoms with van der Waals surface area (Å²) in [6.07, 6.45) is 3.62. The van der Waals surface area contributed by atoms with Crippen molar-refractivity contribution in [2.45, 2.75) is 52.0 Å². The molecule has 2 N–H and O–H groups in total. The van der Waals surface area contributed by atoms with Crippen LogP contribution in [-0.2, 0) is 12.0 Å². The highest BCUT2D eigenvalue weighted by Crippen LogP contribution is 2.43. The zero-order chi connectivity index (χ0) is 18.6. The number of hydrogen-bond donors (Lipinski definition) is 2. The van der Waals surface area contributed by atoms with Crippen LogP contribution in [0.1, 0.15) is 49.1 Å². The molecule has 0 bridgehead atoms. The number of aliphatic imine (C=N–C) groups is 1. The van der Waals surface area contributed by atoms with Gasteiger partial charge in [-0.15, -0.1) is 0 Å². The third-order valence-electron chi connectivity index (χ3n) is 5.15. The molecule has 26 heavy (non-hydrogen) atoms. The van der Waals surface area contributed by atoms with Gasteiger partial charge >= 0.3 is 0 Å². The number of halogens is 1. The summed E-state index contributed by atoms with van der Waals surface area (Å²) in [5.74, 6) is 2.29. The van der Waals surface area contributed by atoms with Gasteiger partial charge in [-0.05, 0) is 51.3 Å². The molecule has 0 spiro atoms. The van der Waals surface area contributed by atoms with Crippen molar-refractivity contribution in [2.24, 2.45) is 4.99 Å². The first-order chi connectivity index (χ1) is 12.5. The molecule has 140 valence electrons. The summed E-state index contributed by atoms with van der Waals surface area (Å²) in [7, 11) is 0. The van der Waals surface area contributed by atoms with E-state index in [1.807, 2.05) is 26.0 Å². The fraction of sp³-hybridized carbons (Fsp3) is 0.500. The van der Waals surface area contributed by atoms with Crippen molar-refractivity contribution >= 4 is 17.6 Å². The van der Waals surface area contributed by atoms with E-state index in [1.165, 1.54) is 24.8 Å². The second-order valence-electron chi connectivity index (χ2n) is 6.94. The molecule has 2 aromatic rings. The van der Waals surface area contributed by atoms with Crippen LogP contribution in [0.2, 0.25) is 5.02 Å². The van der Waals surface area contributed by atoms with Crippen molar-refractivity contribution in [2.75, 3.05) is 13.1 Å². The Kier molecular flexibility index (Phi) is 5.87. The van der Waals surface area contributed by atoms with E-state index in [0.717, 1.165) is 35.5 Å². The Labute approximate surface area is 160 Å². The fourth-order valence-corrected chi connectivity index (χ4v) is 3.45. The minimum atomic E-state index is 0.164. The SMILES string of the molecule is CCNC(=NCc1nc(C)c(C)o1)NCC1(c2ccc(Cl)cc2)CCC1. The van der Waals surface area contributed by atoms with Crippen LogP contribution in [0.15, 0.2) is 33.7 Å². The van der Waals surface area contributed by atoms with Crippen molar-refractivity contribution in [3.05, 3.63) is 52.2 Å². The molecule has 1 aliphatic rings. The Morgan fingerprint density at radius 3 is 2.50 bits per heavy atom. The first-order valence-electron chi connectivity index (χ1n) is 9.23. The first kappa shape index (κ1) is 18.8. The molecule has 6 heteroatoms. The largest absolute Gasteiger partial charge is 0.444 e. The summed E-state index contributed by atoms with van der Waals surface area (Å²) < 4.78 is 5.61.